The van der Waals surface area contributed by atoms with Gasteiger partial charge in [-0.15, -0.1) is 5.10 Å². The Kier molecular flexibility index (Phi) is 5.88. The highest BCUT2D eigenvalue weighted by Gasteiger charge is 2.17. The number of rotatable bonds is 8. The zero-order valence-corrected chi connectivity index (χ0v) is 14.8. The van der Waals surface area contributed by atoms with Crippen LogP contribution in [-0.2, 0) is 16.0 Å². The van der Waals surface area contributed by atoms with Gasteiger partial charge >= 0.3 is 0 Å². The Bertz CT molecular complexity index is 879. The van der Waals surface area contributed by atoms with Gasteiger partial charge in [0, 0.05) is 0 Å². The van der Waals surface area contributed by atoms with Crippen LogP contribution in [0.25, 0.3) is 5.69 Å². The van der Waals surface area contributed by atoms with Crippen LogP contribution in [0.3, 0.4) is 0 Å². The van der Waals surface area contributed by atoms with Gasteiger partial charge in [0.2, 0.25) is 0 Å². The topological polar surface area (TPSA) is 99.0 Å². The van der Waals surface area contributed by atoms with Crippen molar-refractivity contribution in [1.29, 1.82) is 0 Å². The normalized spacial score (nSPS) is 11.6. The Morgan fingerprint density at radius 1 is 1.11 bits per heavy atom. The maximum atomic E-state index is 12.2. The van der Waals surface area contributed by atoms with Crippen molar-refractivity contribution in [2.45, 2.75) is 19.4 Å². The van der Waals surface area contributed by atoms with E-state index in [1.807, 2.05) is 30.3 Å². The molecule has 1 amide bonds. The molecule has 0 spiro atoms. The highest BCUT2D eigenvalue weighted by atomic mass is 16.5. The van der Waals surface area contributed by atoms with E-state index < -0.39 is 6.04 Å². The van der Waals surface area contributed by atoms with Gasteiger partial charge in [-0.2, -0.15) is 0 Å². The Balaban J connectivity index is 1.52. The molecule has 0 saturated heterocycles. The van der Waals surface area contributed by atoms with Crippen molar-refractivity contribution in [1.82, 2.24) is 25.5 Å². The number of hydrogen-bond acceptors (Lipinski definition) is 6. The van der Waals surface area contributed by atoms with E-state index in [9.17, 15) is 9.59 Å². The number of ether oxygens (including phenoxy) is 1. The van der Waals surface area contributed by atoms with Gasteiger partial charge in [-0.25, -0.2) is 4.68 Å². The lowest BCUT2D eigenvalue weighted by molar-refractivity contribution is -0.128. The number of nitrogens with one attached hydrogen (secondary N) is 1. The molecule has 0 saturated carbocycles. The van der Waals surface area contributed by atoms with Gasteiger partial charge in [-0.05, 0) is 53.6 Å². The first-order valence-electron chi connectivity index (χ1n) is 8.42. The van der Waals surface area contributed by atoms with Crippen molar-refractivity contribution in [3.8, 4) is 11.4 Å². The van der Waals surface area contributed by atoms with Gasteiger partial charge in [0.05, 0.1) is 11.7 Å². The van der Waals surface area contributed by atoms with Gasteiger partial charge in [0.15, 0.2) is 12.4 Å². The number of tetrazole rings is 1. The van der Waals surface area contributed by atoms with Gasteiger partial charge in [0.1, 0.15) is 12.1 Å². The lowest BCUT2D eigenvalue weighted by Gasteiger charge is -2.16. The zero-order chi connectivity index (χ0) is 19.1. The molecular weight excluding hydrogens is 346 g/mol. The summed E-state index contributed by atoms with van der Waals surface area (Å²) in [6.07, 6.45) is 1.93. The molecule has 0 aliphatic heterocycles. The number of ketones is 1. The van der Waals surface area contributed by atoms with E-state index in [0.717, 1.165) is 11.3 Å². The predicted octanol–water partition coefficient (Wildman–Crippen LogP) is 1.36. The summed E-state index contributed by atoms with van der Waals surface area (Å²) in [4.78, 5) is 24.0. The van der Waals surface area contributed by atoms with Crippen molar-refractivity contribution in [2.75, 3.05) is 6.61 Å². The Labute approximate surface area is 156 Å². The summed E-state index contributed by atoms with van der Waals surface area (Å²) in [5, 5.41) is 13.7. The van der Waals surface area contributed by atoms with Crippen LogP contribution >= 0.6 is 0 Å². The van der Waals surface area contributed by atoms with Gasteiger partial charge < -0.3 is 10.1 Å². The molecule has 0 aliphatic carbocycles. The number of Topliss-reactive ketones (excluding diaryl/α,β-unsaturated/α-hetero) is 1. The fraction of sp³-hybridized carbons (Fsp3) is 0.211. The first kappa shape index (κ1) is 18.2. The molecule has 0 radical (unpaired) electrons. The third-order valence-electron chi connectivity index (χ3n) is 3.93. The number of aromatic nitrogens is 4. The second kappa shape index (κ2) is 8.70. The third-order valence-corrected chi connectivity index (χ3v) is 3.93. The van der Waals surface area contributed by atoms with E-state index >= 15 is 0 Å². The predicted molar refractivity (Wildman–Crippen MR) is 97.4 cm³/mol. The standard InChI is InChI=1S/C19H19N5O3/c1-14(25)18(11-15-5-3-2-4-6-15)21-19(26)12-27-17-9-7-16(8-10-17)24-13-20-22-23-24/h2-10,13,18H,11-12H2,1H3,(H,21,26)/t18-/m0/s1. The zero-order valence-electron chi connectivity index (χ0n) is 14.8. The average Bonchev–Trinajstić information content (AvgIpc) is 3.22. The van der Waals surface area contributed by atoms with Crippen molar-refractivity contribution in [3.05, 3.63) is 66.5 Å². The summed E-state index contributed by atoms with van der Waals surface area (Å²) in [7, 11) is 0. The van der Waals surface area contributed by atoms with Crippen molar-refractivity contribution in [3.63, 3.8) is 0 Å². The minimum atomic E-state index is -0.578. The second-order valence-corrected chi connectivity index (χ2v) is 5.96. The number of carbonyl (C=O) groups is 2. The Hall–Kier alpha value is -3.55. The van der Waals surface area contributed by atoms with E-state index in [1.165, 1.54) is 17.9 Å². The highest BCUT2D eigenvalue weighted by molar-refractivity contribution is 5.88. The minimum absolute atomic E-state index is 0.0991. The molecule has 1 atom stereocenters. The first-order chi connectivity index (χ1) is 13.1. The van der Waals surface area contributed by atoms with Crippen LogP contribution in [0.1, 0.15) is 12.5 Å². The Morgan fingerprint density at radius 2 is 1.85 bits per heavy atom. The number of amides is 1. The quantitative estimate of drug-likeness (QED) is 0.647. The monoisotopic (exact) mass is 365 g/mol. The molecule has 1 heterocycles. The number of carbonyl (C=O) groups excluding carboxylic acids is 2. The Morgan fingerprint density at radius 3 is 2.48 bits per heavy atom. The van der Waals surface area contributed by atoms with Gasteiger partial charge in [0.25, 0.3) is 5.91 Å². The number of hydrogen-bond donors (Lipinski definition) is 1. The minimum Gasteiger partial charge on any atom is -0.484 e. The molecule has 0 aliphatic rings. The van der Waals surface area contributed by atoms with Crippen molar-refractivity contribution in [2.24, 2.45) is 0 Å². The maximum absolute atomic E-state index is 12.2. The molecule has 0 fully saturated rings. The van der Waals surface area contributed by atoms with Gasteiger partial charge in [-0.1, -0.05) is 30.3 Å². The molecule has 0 bridgehead atoms. The van der Waals surface area contributed by atoms with Crippen molar-refractivity contribution >= 4 is 11.7 Å². The smallest absolute Gasteiger partial charge is 0.258 e. The molecule has 8 nitrogen and oxygen atoms in total. The third kappa shape index (κ3) is 5.21. The van der Waals surface area contributed by atoms with E-state index in [1.54, 1.807) is 24.3 Å². The average molecular weight is 365 g/mol. The van der Waals surface area contributed by atoms with Crippen LogP contribution in [0.2, 0.25) is 0 Å². The molecule has 1 N–H and O–H groups in total. The lowest BCUT2D eigenvalue weighted by atomic mass is 10.0. The van der Waals surface area contributed by atoms with E-state index in [0.29, 0.717) is 12.2 Å². The number of benzene rings is 2. The second-order valence-electron chi connectivity index (χ2n) is 5.96. The summed E-state index contributed by atoms with van der Waals surface area (Å²) in [6, 6.07) is 16.0. The summed E-state index contributed by atoms with van der Waals surface area (Å²) in [5.41, 5.74) is 1.76. The molecule has 0 unspecified atom stereocenters. The fourth-order valence-electron chi connectivity index (χ4n) is 2.51. The maximum Gasteiger partial charge on any atom is 0.258 e. The van der Waals surface area contributed by atoms with Crippen LogP contribution < -0.4 is 10.1 Å². The van der Waals surface area contributed by atoms with Gasteiger partial charge in [-0.3, -0.25) is 9.59 Å². The first-order valence-corrected chi connectivity index (χ1v) is 8.42. The van der Waals surface area contributed by atoms with E-state index in [2.05, 4.69) is 20.8 Å². The molecule has 3 rings (SSSR count). The SMILES string of the molecule is CC(=O)[C@H](Cc1ccccc1)NC(=O)COc1ccc(-n2cnnn2)cc1. The largest absolute Gasteiger partial charge is 0.484 e. The molecule has 3 aromatic rings. The molecule has 27 heavy (non-hydrogen) atoms. The molecule has 1 aromatic heterocycles. The fourth-order valence-corrected chi connectivity index (χ4v) is 2.51. The van der Waals surface area contributed by atoms with Crippen LogP contribution in [0.15, 0.2) is 60.9 Å². The van der Waals surface area contributed by atoms with E-state index in [-0.39, 0.29) is 18.3 Å². The van der Waals surface area contributed by atoms with Crippen LogP contribution in [0.5, 0.6) is 5.75 Å². The number of nitrogens with zero attached hydrogens (tertiary/aromatic N) is 4. The molecule has 8 heteroatoms. The molecular formula is C19H19N5O3. The van der Waals surface area contributed by atoms with Crippen LogP contribution in [0, 0.1) is 0 Å². The van der Waals surface area contributed by atoms with Crippen LogP contribution in [-0.4, -0.2) is 44.5 Å². The summed E-state index contributed by atoms with van der Waals surface area (Å²) in [5.74, 6) is 0.0816. The molecule has 138 valence electrons. The summed E-state index contributed by atoms with van der Waals surface area (Å²) in [6.45, 7) is 1.29. The highest BCUT2D eigenvalue weighted by Crippen LogP contribution is 2.14. The summed E-state index contributed by atoms with van der Waals surface area (Å²) >= 11 is 0. The van der Waals surface area contributed by atoms with Crippen molar-refractivity contribution < 1.29 is 14.3 Å². The molecule has 2 aromatic carbocycles. The lowest BCUT2D eigenvalue weighted by Crippen LogP contribution is -2.43. The summed E-state index contributed by atoms with van der Waals surface area (Å²) < 4.78 is 7.00. The van der Waals surface area contributed by atoms with Crippen LogP contribution in [0.4, 0.5) is 0 Å². The van der Waals surface area contributed by atoms with E-state index in [4.69, 9.17) is 4.74 Å².